The monoisotopic (exact) mass is 217 g/mol. The van der Waals surface area contributed by atoms with Crippen molar-refractivity contribution in [1.29, 1.82) is 0 Å². The standard InChI is InChI=1S/C11H11N3O2/c1-6-4-9(6)14-10-5-7(11(15)16)2-3-8(10)12-13-14/h2-3,5-6,9H,4H2,1H3,(H,15,16). The smallest absolute Gasteiger partial charge is 0.335 e. The molecule has 0 aliphatic heterocycles. The summed E-state index contributed by atoms with van der Waals surface area (Å²) < 4.78 is 1.84. The van der Waals surface area contributed by atoms with Gasteiger partial charge in [0.05, 0.1) is 17.1 Å². The van der Waals surface area contributed by atoms with Gasteiger partial charge in [0.15, 0.2) is 0 Å². The van der Waals surface area contributed by atoms with E-state index in [1.807, 2.05) is 4.68 Å². The Labute approximate surface area is 91.7 Å². The summed E-state index contributed by atoms with van der Waals surface area (Å²) in [4.78, 5) is 10.9. The molecule has 0 amide bonds. The summed E-state index contributed by atoms with van der Waals surface area (Å²) in [5.74, 6) is -0.308. The van der Waals surface area contributed by atoms with E-state index in [-0.39, 0.29) is 5.56 Å². The Morgan fingerprint density at radius 3 is 2.94 bits per heavy atom. The lowest BCUT2D eigenvalue weighted by Crippen LogP contribution is -2.00. The van der Waals surface area contributed by atoms with Crippen LogP contribution in [0.1, 0.15) is 29.7 Å². The van der Waals surface area contributed by atoms with E-state index in [0.717, 1.165) is 17.5 Å². The molecule has 0 saturated heterocycles. The van der Waals surface area contributed by atoms with Crippen LogP contribution < -0.4 is 0 Å². The van der Waals surface area contributed by atoms with Crippen molar-refractivity contribution < 1.29 is 9.90 Å². The van der Waals surface area contributed by atoms with Crippen LogP contribution in [0.4, 0.5) is 0 Å². The molecule has 1 saturated carbocycles. The summed E-state index contributed by atoms with van der Waals surface area (Å²) in [6, 6.07) is 5.28. The van der Waals surface area contributed by atoms with Crippen molar-refractivity contribution in [1.82, 2.24) is 15.0 Å². The second-order valence-corrected chi connectivity index (χ2v) is 4.32. The van der Waals surface area contributed by atoms with Crippen LogP contribution in [0.5, 0.6) is 0 Å². The predicted molar refractivity (Wildman–Crippen MR) is 57.3 cm³/mol. The topological polar surface area (TPSA) is 68.0 Å². The molecule has 1 aromatic carbocycles. The number of rotatable bonds is 2. The van der Waals surface area contributed by atoms with Gasteiger partial charge in [-0.1, -0.05) is 12.1 Å². The first kappa shape index (κ1) is 9.33. The highest BCUT2D eigenvalue weighted by atomic mass is 16.4. The molecule has 0 bridgehead atoms. The van der Waals surface area contributed by atoms with Crippen LogP contribution in [0.15, 0.2) is 18.2 Å². The van der Waals surface area contributed by atoms with Gasteiger partial charge in [0, 0.05) is 0 Å². The third-order valence-corrected chi connectivity index (χ3v) is 3.10. The fourth-order valence-electron chi connectivity index (χ4n) is 1.96. The Kier molecular flexibility index (Phi) is 1.77. The molecule has 2 unspecified atom stereocenters. The number of hydrogen-bond acceptors (Lipinski definition) is 3. The molecule has 5 heteroatoms. The number of aromatic nitrogens is 3. The Morgan fingerprint density at radius 1 is 1.56 bits per heavy atom. The Morgan fingerprint density at radius 2 is 2.31 bits per heavy atom. The van der Waals surface area contributed by atoms with Crippen LogP contribution >= 0.6 is 0 Å². The van der Waals surface area contributed by atoms with Gasteiger partial charge < -0.3 is 5.11 Å². The molecule has 1 aliphatic rings. The fourth-order valence-corrected chi connectivity index (χ4v) is 1.96. The second kappa shape index (κ2) is 3.04. The van der Waals surface area contributed by atoms with Crippen LogP contribution in [0, 0.1) is 5.92 Å². The number of nitrogens with zero attached hydrogens (tertiary/aromatic N) is 3. The number of benzene rings is 1. The summed E-state index contributed by atoms with van der Waals surface area (Å²) >= 11 is 0. The predicted octanol–water partition coefficient (Wildman–Crippen LogP) is 1.71. The maximum absolute atomic E-state index is 10.9. The summed E-state index contributed by atoms with van der Waals surface area (Å²) in [5, 5.41) is 17.0. The Balaban J connectivity index is 2.16. The van der Waals surface area contributed by atoms with Gasteiger partial charge in [-0.25, -0.2) is 9.48 Å². The van der Waals surface area contributed by atoms with Gasteiger partial charge in [0.25, 0.3) is 0 Å². The number of aromatic carboxylic acids is 1. The summed E-state index contributed by atoms with van der Waals surface area (Å²) in [7, 11) is 0. The van der Waals surface area contributed by atoms with Gasteiger partial charge in [-0.2, -0.15) is 0 Å². The van der Waals surface area contributed by atoms with E-state index in [1.165, 1.54) is 0 Å². The highest BCUT2D eigenvalue weighted by molar-refractivity contribution is 5.92. The third kappa shape index (κ3) is 1.28. The first-order chi connectivity index (χ1) is 7.66. The minimum Gasteiger partial charge on any atom is -0.478 e. The molecule has 1 N–H and O–H groups in total. The number of carboxylic acid groups (broad SMARTS) is 1. The lowest BCUT2D eigenvalue weighted by molar-refractivity contribution is 0.0697. The molecule has 2 atom stereocenters. The molecular weight excluding hydrogens is 206 g/mol. The maximum Gasteiger partial charge on any atom is 0.335 e. The van der Waals surface area contributed by atoms with Crippen molar-refractivity contribution >= 4 is 17.0 Å². The van der Waals surface area contributed by atoms with Crippen molar-refractivity contribution in [3.8, 4) is 0 Å². The molecule has 0 spiro atoms. The average Bonchev–Trinajstić information content (AvgIpc) is 2.84. The quantitative estimate of drug-likeness (QED) is 0.831. The fraction of sp³-hybridized carbons (Fsp3) is 0.364. The average molecular weight is 217 g/mol. The molecule has 5 nitrogen and oxygen atoms in total. The Hall–Kier alpha value is -1.91. The van der Waals surface area contributed by atoms with Gasteiger partial charge >= 0.3 is 5.97 Å². The van der Waals surface area contributed by atoms with E-state index in [0.29, 0.717) is 12.0 Å². The lowest BCUT2D eigenvalue weighted by Gasteiger charge is -2.00. The molecule has 2 aromatic rings. The zero-order valence-corrected chi connectivity index (χ0v) is 8.79. The van der Waals surface area contributed by atoms with E-state index in [9.17, 15) is 4.79 Å². The zero-order chi connectivity index (χ0) is 11.3. The Bertz CT molecular complexity index is 576. The van der Waals surface area contributed by atoms with Crippen molar-refractivity contribution in [2.24, 2.45) is 5.92 Å². The second-order valence-electron chi connectivity index (χ2n) is 4.32. The number of fused-ring (bicyclic) bond motifs is 1. The molecule has 3 rings (SSSR count). The van der Waals surface area contributed by atoms with E-state index >= 15 is 0 Å². The SMILES string of the molecule is CC1CC1n1nnc2ccc(C(=O)O)cc21. The lowest BCUT2D eigenvalue weighted by atomic mass is 10.2. The number of carbonyl (C=O) groups is 1. The summed E-state index contributed by atoms with van der Waals surface area (Å²) in [5.41, 5.74) is 1.85. The molecular formula is C11H11N3O2. The minimum absolute atomic E-state index is 0.282. The van der Waals surface area contributed by atoms with Gasteiger partial charge in [0.1, 0.15) is 5.52 Å². The van der Waals surface area contributed by atoms with Gasteiger partial charge in [-0.15, -0.1) is 5.10 Å². The van der Waals surface area contributed by atoms with Crippen LogP contribution in [-0.2, 0) is 0 Å². The summed E-state index contributed by atoms with van der Waals surface area (Å²) in [6.45, 7) is 2.15. The third-order valence-electron chi connectivity index (χ3n) is 3.10. The molecule has 1 aliphatic carbocycles. The molecule has 82 valence electrons. The van der Waals surface area contributed by atoms with Crippen LogP contribution in [-0.4, -0.2) is 26.1 Å². The molecule has 0 radical (unpaired) electrons. The van der Waals surface area contributed by atoms with Crippen LogP contribution in [0.3, 0.4) is 0 Å². The van der Waals surface area contributed by atoms with E-state index in [4.69, 9.17) is 5.11 Å². The molecule has 1 aromatic heterocycles. The number of hydrogen-bond donors (Lipinski definition) is 1. The molecule has 1 heterocycles. The van der Waals surface area contributed by atoms with E-state index in [1.54, 1.807) is 18.2 Å². The van der Waals surface area contributed by atoms with Gasteiger partial charge in [-0.05, 0) is 30.5 Å². The first-order valence-electron chi connectivity index (χ1n) is 5.25. The van der Waals surface area contributed by atoms with Crippen molar-refractivity contribution in [3.05, 3.63) is 23.8 Å². The molecule has 16 heavy (non-hydrogen) atoms. The highest BCUT2D eigenvalue weighted by Gasteiger charge is 2.36. The van der Waals surface area contributed by atoms with E-state index < -0.39 is 5.97 Å². The van der Waals surface area contributed by atoms with Crippen molar-refractivity contribution in [3.63, 3.8) is 0 Å². The minimum atomic E-state index is -0.918. The van der Waals surface area contributed by atoms with Crippen LogP contribution in [0.2, 0.25) is 0 Å². The zero-order valence-electron chi connectivity index (χ0n) is 8.79. The maximum atomic E-state index is 10.9. The van der Waals surface area contributed by atoms with Crippen molar-refractivity contribution in [2.45, 2.75) is 19.4 Å². The first-order valence-corrected chi connectivity index (χ1v) is 5.25. The highest BCUT2D eigenvalue weighted by Crippen LogP contribution is 2.43. The molecule has 1 fully saturated rings. The normalized spacial score (nSPS) is 23.6. The van der Waals surface area contributed by atoms with Crippen molar-refractivity contribution in [2.75, 3.05) is 0 Å². The van der Waals surface area contributed by atoms with E-state index in [2.05, 4.69) is 17.2 Å². The van der Waals surface area contributed by atoms with Gasteiger partial charge in [0.2, 0.25) is 0 Å². The van der Waals surface area contributed by atoms with Gasteiger partial charge in [-0.3, -0.25) is 0 Å². The summed E-state index contributed by atoms with van der Waals surface area (Å²) in [6.07, 6.45) is 1.09. The largest absolute Gasteiger partial charge is 0.478 e. The van der Waals surface area contributed by atoms with Crippen LogP contribution in [0.25, 0.3) is 11.0 Å². The number of carboxylic acids is 1.